The van der Waals surface area contributed by atoms with Crippen LogP contribution in [0, 0.1) is 0 Å². The molecular weight excluding hydrogens is 280 g/mol. The predicted molar refractivity (Wildman–Crippen MR) is 89.4 cm³/mol. The van der Waals surface area contributed by atoms with Crippen LogP contribution in [-0.2, 0) is 6.42 Å². The van der Waals surface area contributed by atoms with Crippen LogP contribution in [0.3, 0.4) is 0 Å². The molecule has 1 N–H and O–H groups in total. The highest BCUT2D eigenvalue weighted by Gasteiger charge is 2.22. The van der Waals surface area contributed by atoms with E-state index in [4.69, 9.17) is 0 Å². The average molecular weight is 298 g/mol. The summed E-state index contributed by atoms with van der Waals surface area (Å²) in [5.41, 5.74) is 3.11. The second-order valence-electron chi connectivity index (χ2n) is 4.95. The number of carbonyl (C=O) groups excluding carboxylic acids is 1. The van der Waals surface area contributed by atoms with Crippen LogP contribution in [-0.4, -0.2) is 18.3 Å². The quantitative estimate of drug-likeness (QED) is 0.891. The number of amides is 2. The summed E-state index contributed by atoms with van der Waals surface area (Å²) < 4.78 is 0. The molecule has 0 spiro atoms. The topological polar surface area (TPSA) is 32.3 Å². The van der Waals surface area contributed by atoms with E-state index in [1.807, 2.05) is 35.2 Å². The molecule has 2 aromatic rings. The number of nitrogens with zero attached hydrogens (tertiary/aromatic N) is 1. The molecule has 2 aromatic carbocycles. The van der Waals surface area contributed by atoms with Crippen molar-refractivity contribution in [3.05, 3.63) is 54.1 Å². The van der Waals surface area contributed by atoms with E-state index in [1.165, 1.54) is 10.5 Å². The summed E-state index contributed by atoms with van der Waals surface area (Å²) in [5.74, 6) is 0.930. The zero-order valence-corrected chi connectivity index (χ0v) is 12.8. The zero-order chi connectivity index (χ0) is 14.7. The molecule has 4 heteroatoms. The van der Waals surface area contributed by atoms with Gasteiger partial charge in [0, 0.05) is 22.9 Å². The Balaban J connectivity index is 1.76. The lowest BCUT2D eigenvalue weighted by molar-refractivity contribution is 0.257. The van der Waals surface area contributed by atoms with Gasteiger partial charge in [-0.05, 0) is 36.2 Å². The number of hydrogen-bond acceptors (Lipinski definition) is 2. The van der Waals surface area contributed by atoms with Crippen molar-refractivity contribution in [2.75, 3.05) is 22.5 Å². The Morgan fingerprint density at radius 1 is 1.19 bits per heavy atom. The molecular formula is C17H18N2OS. The van der Waals surface area contributed by atoms with Gasteiger partial charge in [-0.15, -0.1) is 11.8 Å². The minimum Gasteiger partial charge on any atom is -0.308 e. The van der Waals surface area contributed by atoms with E-state index < -0.39 is 0 Å². The first-order valence-corrected chi connectivity index (χ1v) is 8.16. The Hall–Kier alpha value is -1.94. The summed E-state index contributed by atoms with van der Waals surface area (Å²) >= 11 is 1.80. The first-order valence-electron chi connectivity index (χ1n) is 7.17. The summed E-state index contributed by atoms with van der Waals surface area (Å²) in [6, 6.07) is 16.0. The van der Waals surface area contributed by atoms with Crippen molar-refractivity contribution in [2.45, 2.75) is 18.2 Å². The van der Waals surface area contributed by atoms with Crippen LogP contribution in [0.15, 0.2) is 53.4 Å². The number of fused-ring (bicyclic) bond motifs is 1. The molecule has 1 aliphatic heterocycles. The van der Waals surface area contributed by atoms with Crippen molar-refractivity contribution < 1.29 is 4.79 Å². The molecule has 1 heterocycles. The monoisotopic (exact) mass is 298 g/mol. The van der Waals surface area contributed by atoms with Gasteiger partial charge in [-0.3, -0.25) is 4.90 Å². The van der Waals surface area contributed by atoms with Gasteiger partial charge < -0.3 is 5.32 Å². The van der Waals surface area contributed by atoms with E-state index in [2.05, 4.69) is 30.4 Å². The minimum atomic E-state index is -0.0630. The fraction of sp³-hybridized carbons (Fsp3) is 0.235. The normalized spacial score (nSPS) is 13.7. The number of benzene rings is 2. The highest BCUT2D eigenvalue weighted by atomic mass is 32.2. The Morgan fingerprint density at radius 3 is 2.71 bits per heavy atom. The third-order valence-corrected chi connectivity index (χ3v) is 4.63. The van der Waals surface area contributed by atoms with Gasteiger partial charge in [0.25, 0.3) is 0 Å². The number of nitrogens with one attached hydrogen (secondary N) is 1. The summed E-state index contributed by atoms with van der Waals surface area (Å²) in [6.07, 6.45) is 1.00. The van der Waals surface area contributed by atoms with Crippen LogP contribution >= 0.6 is 11.8 Å². The Kier molecular flexibility index (Phi) is 4.15. The maximum absolute atomic E-state index is 12.5. The molecule has 0 aromatic heterocycles. The van der Waals surface area contributed by atoms with E-state index in [0.29, 0.717) is 0 Å². The van der Waals surface area contributed by atoms with Crippen LogP contribution in [0.4, 0.5) is 16.2 Å². The van der Waals surface area contributed by atoms with Crippen molar-refractivity contribution in [1.29, 1.82) is 0 Å². The Morgan fingerprint density at radius 2 is 1.95 bits per heavy atom. The zero-order valence-electron chi connectivity index (χ0n) is 12.0. The maximum Gasteiger partial charge on any atom is 0.326 e. The van der Waals surface area contributed by atoms with E-state index in [1.54, 1.807) is 11.8 Å². The molecule has 0 saturated carbocycles. The molecule has 0 bridgehead atoms. The molecule has 108 valence electrons. The molecule has 0 aliphatic carbocycles. The van der Waals surface area contributed by atoms with Gasteiger partial charge in [0.15, 0.2) is 0 Å². The fourth-order valence-corrected chi connectivity index (χ4v) is 3.39. The number of rotatable bonds is 2. The van der Waals surface area contributed by atoms with Crippen molar-refractivity contribution in [3.63, 3.8) is 0 Å². The maximum atomic E-state index is 12.5. The van der Waals surface area contributed by atoms with Crippen LogP contribution in [0.25, 0.3) is 0 Å². The van der Waals surface area contributed by atoms with Crippen molar-refractivity contribution in [3.8, 4) is 0 Å². The van der Waals surface area contributed by atoms with E-state index in [9.17, 15) is 4.79 Å². The SMILES string of the molecule is CCc1ccc(NC(=O)N2CCSc3ccccc32)cc1. The molecule has 0 fully saturated rings. The Labute approximate surface area is 129 Å². The standard InChI is InChI=1S/C17H18N2OS/c1-2-13-7-9-14(10-8-13)18-17(20)19-11-12-21-16-6-4-3-5-15(16)19/h3-10H,2,11-12H2,1H3,(H,18,20). The van der Waals surface area contributed by atoms with Gasteiger partial charge in [-0.1, -0.05) is 31.2 Å². The third kappa shape index (κ3) is 3.05. The first-order chi connectivity index (χ1) is 10.3. The van der Waals surface area contributed by atoms with Gasteiger partial charge >= 0.3 is 6.03 Å². The van der Waals surface area contributed by atoms with Gasteiger partial charge in [0.05, 0.1) is 5.69 Å². The molecule has 3 nitrogen and oxygen atoms in total. The van der Waals surface area contributed by atoms with Crippen LogP contribution < -0.4 is 10.2 Å². The minimum absolute atomic E-state index is 0.0630. The van der Waals surface area contributed by atoms with Crippen molar-refractivity contribution in [2.24, 2.45) is 0 Å². The van der Waals surface area contributed by atoms with Gasteiger partial charge in [-0.25, -0.2) is 4.79 Å². The van der Waals surface area contributed by atoms with E-state index in [0.717, 1.165) is 30.1 Å². The smallest absolute Gasteiger partial charge is 0.308 e. The average Bonchev–Trinajstić information content (AvgIpc) is 2.55. The van der Waals surface area contributed by atoms with Crippen LogP contribution in [0.2, 0.25) is 0 Å². The van der Waals surface area contributed by atoms with Crippen LogP contribution in [0.1, 0.15) is 12.5 Å². The van der Waals surface area contributed by atoms with Gasteiger partial charge in [-0.2, -0.15) is 0 Å². The first kappa shape index (κ1) is 14.0. The highest BCUT2D eigenvalue weighted by molar-refractivity contribution is 7.99. The number of carbonyl (C=O) groups is 1. The molecule has 0 unspecified atom stereocenters. The lowest BCUT2D eigenvalue weighted by Gasteiger charge is -2.29. The molecule has 3 rings (SSSR count). The molecule has 0 atom stereocenters. The molecule has 1 aliphatic rings. The Bertz CT molecular complexity index is 639. The van der Waals surface area contributed by atoms with Gasteiger partial charge in [0.2, 0.25) is 0 Å². The molecule has 2 amide bonds. The lowest BCUT2D eigenvalue weighted by atomic mass is 10.1. The number of aryl methyl sites for hydroxylation is 1. The third-order valence-electron chi connectivity index (χ3n) is 3.59. The van der Waals surface area contributed by atoms with E-state index >= 15 is 0 Å². The molecule has 0 saturated heterocycles. The summed E-state index contributed by atoms with van der Waals surface area (Å²) in [6.45, 7) is 2.86. The summed E-state index contributed by atoms with van der Waals surface area (Å²) in [4.78, 5) is 15.5. The lowest BCUT2D eigenvalue weighted by Crippen LogP contribution is -2.38. The van der Waals surface area contributed by atoms with Crippen molar-refractivity contribution in [1.82, 2.24) is 0 Å². The fourth-order valence-electron chi connectivity index (χ4n) is 2.40. The number of para-hydroxylation sites is 1. The molecule has 21 heavy (non-hydrogen) atoms. The van der Waals surface area contributed by atoms with Crippen molar-refractivity contribution >= 4 is 29.2 Å². The van der Waals surface area contributed by atoms with Gasteiger partial charge in [0.1, 0.15) is 0 Å². The number of thioether (sulfide) groups is 1. The summed E-state index contributed by atoms with van der Waals surface area (Å²) in [7, 11) is 0. The number of hydrogen-bond donors (Lipinski definition) is 1. The second-order valence-corrected chi connectivity index (χ2v) is 6.09. The summed E-state index contributed by atoms with van der Waals surface area (Å²) in [5, 5.41) is 2.98. The van der Waals surface area contributed by atoms with Crippen LogP contribution in [0.5, 0.6) is 0 Å². The van der Waals surface area contributed by atoms with E-state index in [-0.39, 0.29) is 6.03 Å². The molecule has 0 radical (unpaired) electrons. The predicted octanol–water partition coefficient (Wildman–Crippen LogP) is 4.39. The number of anilines is 2. The largest absolute Gasteiger partial charge is 0.326 e. The number of urea groups is 1. The highest BCUT2D eigenvalue weighted by Crippen LogP contribution is 2.34. The second kappa shape index (κ2) is 6.22.